The van der Waals surface area contributed by atoms with E-state index in [1.165, 1.54) is 25.7 Å². The molecule has 0 aromatic heterocycles. The van der Waals surface area contributed by atoms with E-state index in [1.54, 1.807) is 0 Å². The van der Waals surface area contributed by atoms with Gasteiger partial charge < -0.3 is 10.6 Å². The van der Waals surface area contributed by atoms with Gasteiger partial charge in [-0.2, -0.15) is 0 Å². The lowest BCUT2D eigenvalue weighted by molar-refractivity contribution is -0.123. The van der Waals surface area contributed by atoms with Crippen LogP contribution in [0.4, 0.5) is 0 Å². The van der Waals surface area contributed by atoms with Crippen molar-refractivity contribution in [1.29, 1.82) is 0 Å². The first-order valence-corrected chi connectivity index (χ1v) is 7.08. The zero-order valence-corrected chi connectivity index (χ0v) is 11.2. The van der Waals surface area contributed by atoms with Crippen LogP contribution in [0.5, 0.6) is 0 Å². The Kier molecular flexibility index (Phi) is 4.08. The molecule has 1 saturated carbocycles. The van der Waals surface area contributed by atoms with E-state index in [9.17, 15) is 4.79 Å². The molecule has 1 saturated heterocycles. The topological polar surface area (TPSA) is 41.1 Å². The Morgan fingerprint density at radius 1 is 1.29 bits per heavy atom. The minimum Gasteiger partial charge on any atom is -0.353 e. The maximum absolute atomic E-state index is 12.0. The van der Waals surface area contributed by atoms with Crippen LogP contribution in [0.25, 0.3) is 0 Å². The first-order valence-electron chi connectivity index (χ1n) is 7.08. The molecule has 2 N–H and O–H groups in total. The quantitative estimate of drug-likeness (QED) is 0.790. The van der Waals surface area contributed by atoms with Gasteiger partial charge in [0.15, 0.2) is 0 Å². The SMILES string of the molecule is CC1(C)CNCCC1NC(=O)CC1CCCC1. The van der Waals surface area contributed by atoms with Gasteiger partial charge in [-0.25, -0.2) is 0 Å². The highest BCUT2D eigenvalue weighted by Crippen LogP contribution is 2.28. The van der Waals surface area contributed by atoms with E-state index in [4.69, 9.17) is 0 Å². The summed E-state index contributed by atoms with van der Waals surface area (Å²) in [5.41, 5.74) is 0.184. The predicted octanol–water partition coefficient (Wildman–Crippen LogP) is 2.07. The molecule has 1 amide bonds. The van der Waals surface area contributed by atoms with Crippen molar-refractivity contribution in [2.45, 2.75) is 58.4 Å². The summed E-state index contributed by atoms with van der Waals surface area (Å²) in [6, 6.07) is 0.345. The van der Waals surface area contributed by atoms with Gasteiger partial charge in [0, 0.05) is 19.0 Å². The smallest absolute Gasteiger partial charge is 0.220 e. The molecule has 2 aliphatic rings. The normalized spacial score (nSPS) is 29.2. The zero-order valence-electron chi connectivity index (χ0n) is 11.2. The molecule has 2 fully saturated rings. The third-order valence-electron chi connectivity index (χ3n) is 4.42. The summed E-state index contributed by atoms with van der Waals surface area (Å²) in [5, 5.41) is 6.66. The summed E-state index contributed by atoms with van der Waals surface area (Å²) in [4.78, 5) is 12.0. The lowest BCUT2D eigenvalue weighted by Gasteiger charge is -2.39. The second-order valence-electron chi connectivity index (χ2n) is 6.43. The summed E-state index contributed by atoms with van der Waals surface area (Å²) >= 11 is 0. The third kappa shape index (κ3) is 3.44. The molecule has 3 nitrogen and oxygen atoms in total. The molecule has 0 bridgehead atoms. The van der Waals surface area contributed by atoms with Crippen molar-refractivity contribution >= 4 is 5.91 Å². The molecule has 1 unspecified atom stereocenters. The van der Waals surface area contributed by atoms with Crippen molar-refractivity contribution in [3.05, 3.63) is 0 Å². The van der Waals surface area contributed by atoms with Crippen molar-refractivity contribution in [2.75, 3.05) is 13.1 Å². The average Bonchev–Trinajstić information content (AvgIpc) is 2.73. The number of hydrogen-bond donors (Lipinski definition) is 2. The number of nitrogens with one attached hydrogen (secondary N) is 2. The van der Waals surface area contributed by atoms with Gasteiger partial charge >= 0.3 is 0 Å². The summed E-state index contributed by atoms with van der Waals surface area (Å²) in [6.45, 7) is 6.50. The van der Waals surface area contributed by atoms with E-state index in [-0.39, 0.29) is 11.3 Å². The monoisotopic (exact) mass is 238 g/mol. The van der Waals surface area contributed by atoms with Crippen LogP contribution in [-0.4, -0.2) is 25.0 Å². The molecule has 0 spiro atoms. The Balaban J connectivity index is 1.80. The third-order valence-corrected chi connectivity index (χ3v) is 4.42. The fourth-order valence-electron chi connectivity index (χ4n) is 3.17. The number of carbonyl (C=O) groups excluding carboxylic acids is 1. The van der Waals surface area contributed by atoms with E-state index in [2.05, 4.69) is 24.5 Å². The molecule has 1 aliphatic carbocycles. The Labute approximate surface area is 105 Å². The van der Waals surface area contributed by atoms with Crippen molar-refractivity contribution in [1.82, 2.24) is 10.6 Å². The van der Waals surface area contributed by atoms with Crippen LogP contribution in [0.15, 0.2) is 0 Å². The maximum Gasteiger partial charge on any atom is 0.220 e. The van der Waals surface area contributed by atoms with E-state index in [0.717, 1.165) is 25.9 Å². The van der Waals surface area contributed by atoms with Gasteiger partial charge in [-0.15, -0.1) is 0 Å². The molecule has 1 heterocycles. The van der Waals surface area contributed by atoms with Crippen molar-refractivity contribution in [2.24, 2.45) is 11.3 Å². The molecule has 17 heavy (non-hydrogen) atoms. The van der Waals surface area contributed by atoms with E-state index >= 15 is 0 Å². The molecule has 98 valence electrons. The summed E-state index contributed by atoms with van der Waals surface area (Å²) in [7, 11) is 0. The van der Waals surface area contributed by atoms with Gasteiger partial charge in [0.05, 0.1) is 0 Å². The number of amides is 1. The van der Waals surface area contributed by atoms with Crippen LogP contribution < -0.4 is 10.6 Å². The fourth-order valence-corrected chi connectivity index (χ4v) is 3.17. The van der Waals surface area contributed by atoms with Gasteiger partial charge in [0.25, 0.3) is 0 Å². The number of carbonyl (C=O) groups is 1. The van der Waals surface area contributed by atoms with Crippen LogP contribution in [0.2, 0.25) is 0 Å². The Hall–Kier alpha value is -0.570. The number of hydrogen-bond acceptors (Lipinski definition) is 2. The van der Waals surface area contributed by atoms with E-state index in [1.807, 2.05) is 0 Å². The Morgan fingerprint density at radius 2 is 2.00 bits per heavy atom. The van der Waals surface area contributed by atoms with Gasteiger partial charge in [-0.1, -0.05) is 26.7 Å². The lowest BCUT2D eigenvalue weighted by atomic mass is 9.80. The molecule has 1 atom stereocenters. The average molecular weight is 238 g/mol. The highest BCUT2D eigenvalue weighted by Gasteiger charge is 2.33. The summed E-state index contributed by atoms with van der Waals surface area (Å²) in [5.74, 6) is 0.928. The van der Waals surface area contributed by atoms with E-state index in [0.29, 0.717) is 12.0 Å². The molecule has 1 aliphatic heterocycles. The number of piperidine rings is 1. The summed E-state index contributed by atoms with van der Waals surface area (Å²) < 4.78 is 0. The van der Waals surface area contributed by atoms with Crippen molar-refractivity contribution < 1.29 is 4.79 Å². The Bertz CT molecular complexity index is 269. The molecular formula is C14H26N2O. The van der Waals surface area contributed by atoms with Gasteiger partial charge in [-0.05, 0) is 37.1 Å². The molecule has 0 radical (unpaired) electrons. The predicted molar refractivity (Wildman–Crippen MR) is 69.8 cm³/mol. The highest BCUT2D eigenvalue weighted by molar-refractivity contribution is 5.76. The van der Waals surface area contributed by atoms with Crippen LogP contribution in [0.3, 0.4) is 0 Å². The van der Waals surface area contributed by atoms with Gasteiger partial charge in [0.2, 0.25) is 5.91 Å². The molecular weight excluding hydrogens is 212 g/mol. The first kappa shape index (κ1) is 12.9. The van der Waals surface area contributed by atoms with Crippen LogP contribution in [0.1, 0.15) is 52.4 Å². The first-order chi connectivity index (χ1) is 8.08. The zero-order chi connectivity index (χ0) is 12.3. The van der Waals surface area contributed by atoms with E-state index < -0.39 is 0 Å². The molecule has 0 aromatic carbocycles. The van der Waals surface area contributed by atoms with Crippen molar-refractivity contribution in [3.8, 4) is 0 Å². The largest absolute Gasteiger partial charge is 0.353 e. The molecule has 0 aromatic rings. The lowest BCUT2D eigenvalue weighted by Crippen LogP contribution is -2.54. The Morgan fingerprint density at radius 3 is 2.65 bits per heavy atom. The maximum atomic E-state index is 12.0. The van der Waals surface area contributed by atoms with Crippen LogP contribution >= 0.6 is 0 Å². The van der Waals surface area contributed by atoms with Gasteiger partial charge in [-0.3, -0.25) is 4.79 Å². The summed E-state index contributed by atoms with van der Waals surface area (Å²) in [6.07, 6.45) is 6.95. The van der Waals surface area contributed by atoms with Crippen LogP contribution in [-0.2, 0) is 4.79 Å². The minimum atomic E-state index is 0.184. The van der Waals surface area contributed by atoms with Crippen molar-refractivity contribution in [3.63, 3.8) is 0 Å². The number of rotatable bonds is 3. The fraction of sp³-hybridized carbons (Fsp3) is 0.929. The molecule has 2 rings (SSSR count). The van der Waals surface area contributed by atoms with Gasteiger partial charge in [0.1, 0.15) is 0 Å². The standard InChI is InChI=1S/C14H26N2O/c1-14(2)10-15-8-7-12(14)16-13(17)9-11-5-3-4-6-11/h11-12,15H,3-10H2,1-2H3,(H,16,17). The minimum absolute atomic E-state index is 0.184. The molecule has 3 heteroatoms. The second-order valence-corrected chi connectivity index (χ2v) is 6.43. The second kappa shape index (κ2) is 5.38. The van der Waals surface area contributed by atoms with Crippen LogP contribution in [0, 0.1) is 11.3 Å². The highest BCUT2D eigenvalue weighted by atomic mass is 16.1.